The molecule has 100 valence electrons. The first-order valence-corrected chi connectivity index (χ1v) is 7.39. The van der Waals surface area contributed by atoms with Gasteiger partial charge in [0.15, 0.2) is 0 Å². The molecule has 3 heteroatoms. The maximum Gasteiger partial charge on any atom is 0.123 e. The zero-order valence-electron chi connectivity index (χ0n) is 11.1. The zero-order chi connectivity index (χ0) is 13.8. The predicted octanol–water partition coefficient (Wildman–Crippen LogP) is 4.13. The fourth-order valence-corrected chi connectivity index (χ4v) is 2.45. The van der Waals surface area contributed by atoms with Crippen LogP contribution >= 0.6 is 11.8 Å². The van der Waals surface area contributed by atoms with E-state index in [-0.39, 0.29) is 5.82 Å². The summed E-state index contributed by atoms with van der Waals surface area (Å²) in [4.78, 5) is 1.17. The summed E-state index contributed by atoms with van der Waals surface area (Å²) in [6.07, 6.45) is 1.97. The van der Waals surface area contributed by atoms with Gasteiger partial charge in [0.2, 0.25) is 0 Å². The van der Waals surface area contributed by atoms with Gasteiger partial charge in [-0.3, -0.25) is 0 Å². The molecule has 2 rings (SSSR count). The van der Waals surface area contributed by atoms with Crippen LogP contribution in [0.4, 0.5) is 4.39 Å². The van der Waals surface area contributed by atoms with Crippen molar-refractivity contribution in [2.75, 3.05) is 6.26 Å². The van der Waals surface area contributed by atoms with Crippen molar-refractivity contribution in [3.05, 3.63) is 65.0 Å². The van der Waals surface area contributed by atoms with Crippen LogP contribution in [0.2, 0.25) is 0 Å². The van der Waals surface area contributed by atoms with Gasteiger partial charge in [-0.15, -0.1) is 11.8 Å². The van der Waals surface area contributed by atoms with E-state index in [4.69, 9.17) is 0 Å². The monoisotopic (exact) mass is 276 g/mol. The number of benzene rings is 2. The Morgan fingerprint density at radius 2 is 1.84 bits per heavy atom. The molecular formula is C16H17FOS. The minimum Gasteiger partial charge on any atom is -0.388 e. The van der Waals surface area contributed by atoms with E-state index in [1.54, 1.807) is 17.8 Å². The summed E-state index contributed by atoms with van der Waals surface area (Å²) in [5, 5.41) is 10.2. The van der Waals surface area contributed by atoms with Crippen LogP contribution in [0.1, 0.15) is 22.8 Å². The Labute approximate surface area is 117 Å². The zero-order valence-corrected chi connectivity index (χ0v) is 11.9. The second kappa shape index (κ2) is 6.22. The molecule has 0 saturated carbocycles. The molecule has 0 fully saturated rings. The molecule has 0 amide bonds. The van der Waals surface area contributed by atoms with Crippen molar-refractivity contribution in [3.8, 4) is 0 Å². The number of hydrogen-bond acceptors (Lipinski definition) is 2. The van der Waals surface area contributed by atoms with E-state index in [2.05, 4.69) is 0 Å². The molecule has 0 bridgehead atoms. The number of thioether (sulfide) groups is 1. The maximum absolute atomic E-state index is 13.0. The number of hydrogen-bond donors (Lipinski definition) is 1. The summed E-state index contributed by atoms with van der Waals surface area (Å²) < 4.78 is 13.0. The average molecular weight is 276 g/mol. The van der Waals surface area contributed by atoms with Gasteiger partial charge in [0.25, 0.3) is 0 Å². The first-order valence-electron chi connectivity index (χ1n) is 6.17. The summed E-state index contributed by atoms with van der Waals surface area (Å²) in [5.41, 5.74) is 2.74. The lowest BCUT2D eigenvalue weighted by atomic mass is 9.98. The van der Waals surface area contributed by atoms with Crippen LogP contribution in [0, 0.1) is 12.7 Å². The van der Waals surface area contributed by atoms with Crippen molar-refractivity contribution in [1.82, 2.24) is 0 Å². The van der Waals surface area contributed by atoms with Gasteiger partial charge in [0.05, 0.1) is 6.10 Å². The van der Waals surface area contributed by atoms with E-state index in [1.165, 1.54) is 17.0 Å². The Kier molecular flexibility index (Phi) is 4.61. The van der Waals surface area contributed by atoms with Gasteiger partial charge in [-0.2, -0.15) is 0 Å². The van der Waals surface area contributed by atoms with Gasteiger partial charge in [0.1, 0.15) is 5.82 Å². The van der Waals surface area contributed by atoms with Crippen molar-refractivity contribution in [2.24, 2.45) is 0 Å². The third-order valence-corrected chi connectivity index (χ3v) is 3.96. The SMILES string of the molecule is CSc1ccc(C(O)Cc2ccc(F)cc2C)cc1. The minimum atomic E-state index is -0.555. The molecule has 0 spiro atoms. The lowest BCUT2D eigenvalue weighted by Crippen LogP contribution is -2.03. The van der Waals surface area contributed by atoms with Crippen molar-refractivity contribution in [2.45, 2.75) is 24.3 Å². The summed E-state index contributed by atoms with van der Waals surface area (Å²) in [6, 6.07) is 12.6. The number of aliphatic hydroxyl groups excluding tert-OH is 1. The maximum atomic E-state index is 13.0. The molecule has 0 aliphatic heterocycles. The normalized spacial score (nSPS) is 12.4. The molecule has 2 aromatic carbocycles. The van der Waals surface area contributed by atoms with Crippen molar-refractivity contribution >= 4 is 11.8 Å². The molecule has 0 heterocycles. The third-order valence-electron chi connectivity index (χ3n) is 3.22. The van der Waals surface area contributed by atoms with E-state index in [0.29, 0.717) is 6.42 Å². The van der Waals surface area contributed by atoms with Gasteiger partial charge in [-0.25, -0.2) is 4.39 Å². The van der Waals surface area contributed by atoms with Crippen LogP contribution in [0.25, 0.3) is 0 Å². The van der Waals surface area contributed by atoms with E-state index in [1.807, 2.05) is 37.4 Å². The van der Waals surface area contributed by atoms with E-state index in [9.17, 15) is 9.50 Å². The molecule has 1 N–H and O–H groups in total. The lowest BCUT2D eigenvalue weighted by molar-refractivity contribution is 0.178. The number of halogens is 1. The van der Waals surface area contributed by atoms with Gasteiger partial charge < -0.3 is 5.11 Å². The number of aliphatic hydroxyl groups is 1. The quantitative estimate of drug-likeness (QED) is 0.847. The van der Waals surface area contributed by atoms with Gasteiger partial charge in [-0.05, 0) is 54.1 Å². The lowest BCUT2D eigenvalue weighted by Gasteiger charge is -2.13. The Morgan fingerprint density at radius 1 is 1.16 bits per heavy atom. The Balaban J connectivity index is 2.13. The molecule has 1 atom stereocenters. The molecular weight excluding hydrogens is 259 g/mol. The van der Waals surface area contributed by atoms with Gasteiger partial charge >= 0.3 is 0 Å². The molecule has 1 nitrogen and oxygen atoms in total. The molecule has 1 unspecified atom stereocenters. The summed E-state index contributed by atoms with van der Waals surface area (Å²) in [7, 11) is 0. The number of rotatable bonds is 4. The molecule has 0 aromatic heterocycles. The minimum absolute atomic E-state index is 0.236. The highest BCUT2D eigenvalue weighted by atomic mass is 32.2. The van der Waals surface area contributed by atoms with Crippen LogP contribution in [0.15, 0.2) is 47.4 Å². The second-order valence-electron chi connectivity index (χ2n) is 4.56. The van der Waals surface area contributed by atoms with Crippen molar-refractivity contribution < 1.29 is 9.50 Å². The third kappa shape index (κ3) is 3.58. The first-order chi connectivity index (χ1) is 9.10. The molecule has 0 aliphatic rings. The summed E-state index contributed by atoms with van der Waals surface area (Å²) >= 11 is 1.67. The van der Waals surface area contributed by atoms with E-state index < -0.39 is 6.10 Å². The van der Waals surface area contributed by atoms with Crippen LogP contribution in [-0.2, 0) is 6.42 Å². The standard InChI is InChI=1S/C16H17FOS/c1-11-9-14(17)6-3-13(11)10-16(18)12-4-7-15(19-2)8-5-12/h3-9,16,18H,10H2,1-2H3. The summed E-state index contributed by atoms with van der Waals surface area (Å²) in [5.74, 6) is -0.236. The van der Waals surface area contributed by atoms with Crippen LogP contribution in [0.5, 0.6) is 0 Å². The summed E-state index contributed by atoms with van der Waals surface area (Å²) in [6.45, 7) is 1.86. The Bertz CT molecular complexity index is 551. The first kappa shape index (κ1) is 14.1. The van der Waals surface area contributed by atoms with Gasteiger partial charge in [0, 0.05) is 11.3 Å². The van der Waals surface area contributed by atoms with E-state index in [0.717, 1.165) is 16.7 Å². The Morgan fingerprint density at radius 3 is 2.42 bits per heavy atom. The average Bonchev–Trinajstić information content (AvgIpc) is 2.42. The smallest absolute Gasteiger partial charge is 0.123 e. The molecule has 0 saturated heterocycles. The molecule has 19 heavy (non-hydrogen) atoms. The highest BCUT2D eigenvalue weighted by Crippen LogP contribution is 2.23. The van der Waals surface area contributed by atoms with Crippen molar-refractivity contribution in [3.63, 3.8) is 0 Å². The van der Waals surface area contributed by atoms with E-state index >= 15 is 0 Å². The number of aryl methyl sites for hydroxylation is 1. The van der Waals surface area contributed by atoms with Crippen LogP contribution < -0.4 is 0 Å². The Hall–Kier alpha value is -1.32. The predicted molar refractivity (Wildman–Crippen MR) is 78.0 cm³/mol. The van der Waals surface area contributed by atoms with Crippen LogP contribution in [0.3, 0.4) is 0 Å². The highest BCUT2D eigenvalue weighted by Gasteiger charge is 2.10. The largest absolute Gasteiger partial charge is 0.388 e. The fourth-order valence-electron chi connectivity index (χ4n) is 2.04. The topological polar surface area (TPSA) is 20.2 Å². The molecule has 2 aromatic rings. The molecule has 0 aliphatic carbocycles. The van der Waals surface area contributed by atoms with Crippen molar-refractivity contribution in [1.29, 1.82) is 0 Å². The molecule has 0 radical (unpaired) electrons. The van der Waals surface area contributed by atoms with Crippen LogP contribution in [-0.4, -0.2) is 11.4 Å². The highest BCUT2D eigenvalue weighted by molar-refractivity contribution is 7.98. The van der Waals surface area contributed by atoms with Gasteiger partial charge in [-0.1, -0.05) is 18.2 Å². The fraction of sp³-hybridized carbons (Fsp3) is 0.250. The second-order valence-corrected chi connectivity index (χ2v) is 5.44.